The van der Waals surface area contributed by atoms with Crippen molar-refractivity contribution in [2.24, 2.45) is 0 Å². The molecule has 1 saturated heterocycles. The van der Waals surface area contributed by atoms with E-state index in [0.29, 0.717) is 0 Å². The van der Waals surface area contributed by atoms with Gasteiger partial charge in [-0.1, -0.05) is 0 Å². The van der Waals surface area contributed by atoms with Crippen molar-refractivity contribution in [3.63, 3.8) is 0 Å². The Morgan fingerprint density at radius 2 is 2.22 bits per heavy atom. The van der Waals surface area contributed by atoms with Gasteiger partial charge in [-0.3, -0.25) is 9.69 Å². The minimum absolute atomic E-state index is 0.187. The number of thiazole rings is 1. The number of ether oxygens (including phenoxy) is 1. The second-order valence-corrected chi connectivity index (χ2v) is 7.48. The second-order valence-electron chi connectivity index (χ2n) is 6.42. The molecular weight excluding hydrogens is 362 g/mol. The third-order valence-electron chi connectivity index (χ3n) is 4.32. The van der Waals surface area contributed by atoms with Gasteiger partial charge in [-0.05, 0) is 31.2 Å². The van der Waals surface area contributed by atoms with Crippen LogP contribution in [-0.4, -0.2) is 52.1 Å². The van der Waals surface area contributed by atoms with E-state index in [1.807, 2.05) is 30.5 Å². The van der Waals surface area contributed by atoms with Gasteiger partial charge in [-0.25, -0.2) is 9.97 Å². The van der Waals surface area contributed by atoms with E-state index in [2.05, 4.69) is 25.2 Å². The lowest BCUT2D eigenvalue weighted by atomic mass is 10.2. The van der Waals surface area contributed by atoms with Gasteiger partial charge in [0.15, 0.2) is 0 Å². The van der Waals surface area contributed by atoms with Crippen molar-refractivity contribution >= 4 is 40.0 Å². The number of aromatic nitrogens is 3. The third-order valence-corrected chi connectivity index (χ3v) is 5.11. The molecule has 0 bridgehead atoms. The van der Waals surface area contributed by atoms with Crippen LogP contribution in [0.25, 0.3) is 17.1 Å². The lowest BCUT2D eigenvalue weighted by Crippen LogP contribution is -2.35. The van der Waals surface area contributed by atoms with Crippen molar-refractivity contribution in [2.75, 3.05) is 31.6 Å². The van der Waals surface area contributed by atoms with E-state index in [4.69, 9.17) is 4.74 Å². The van der Waals surface area contributed by atoms with E-state index in [9.17, 15) is 4.79 Å². The lowest BCUT2D eigenvalue weighted by Gasteiger charge is -2.25. The molecule has 7 nitrogen and oxygen atoms in total. The molecule has 2 aromatic heterocycles. The minimum atomic E-state index is -0.187. The third kappa shape index (κ3) is 4.60. The highest BCUT2D eigenvalue weighted by Gasteiger charge is 2.13. The number of H-pyrrole nitrogens is 1. The van der Waals surface area contributed by atoms with E-state index < -0.39 is 0 Å². The van der Waals surface area contributed by atoms with E-state index in [1.165, 1.54) is 6.08 Å². The van der Waals surface area contributed by atoms with Crippen LogP contribution in [0.15, 0.2) is 29.7 Å². The summed E-state index contributed by atoms with van der Waals surface area (Å²) < 4.78 is 5.38. The fraction of sp³-hybridized carbons (Fsp3) is 0.316. The van der Waals surface area contributed by atoms with Gasteiger partial charge in [-0.2, -0.15) is 0 Å². The Labute approximate surface area is 161 Å². The summed E-state index contributed by atoms with van der Waals surface area (Å²) in [5.74, 6) is 0.738. The number of aryl methyl sites for hydroxylation is 1. The van der Waals surface area contributed by atoms with Gasteiger partial charge in [0, 0.05) is 30.2 Å². The van der Waals surface area contributed by atoms with Gasteiger partial charge < -0.3 is 15.0 Å². The van der Waals surface area contributed by atoms with Gasteiger partial charge in [0.2, 0.25) is 5.91 Å². The molecule has 1 aliphatic rings. The first-order valence-corrected chi connectivity index (χ1v) is 9.74. The van der Waals surface area contributed by atoms with Gasteiger partial charge in [0.1, 0.15) is 5.82 Å². The molecule has 1 aliphatic heterocycles. The first kappa shape index (κ1) is 17.8. The average molecular weight is 383 g/mol. The van der Waals surface area contributed by atoms with Crippen LogP contribution in [0.3, 0.4) is 0 Å². The van der Waals surface area contributed by atoms with Crippen molar-refractivity contribution in [2.45, 2.75) is 13.5 Å². The van der Waals surface area contributed by atoms with Crippen LogP contribution < -0.4 is 5.32 Å². The number of nitrogens with one attached hydrogen (secondary N) is 2. The Bertz CT molecular complexity index is 972. The molecule has 0 unspecified atom stereocenters. The van der Waals surface area contributed by atoms with Crippen molar-refractivity contribution in [3.8, 4) is 0 Å². The molecule has 2 N–H and O–H groups in total. The summed E-state index contributed by atoms with van der Waals surface area (Å²) in [5.41, 5.74) is 3.33. The van der Waals surface area contributed by atoms with Gasteiger partial charge >= 0.3 is 0 Å². The second kappa shape index (κ2) is 7.99. The Morgan fingerprint density at radius 3 is 3.00 bits per heavy atom. The number of hydrogen-bond acceptors (Lipinski definition) is 6. The fourth-order valence-electron chi connectivity index (χ4n) is 2.99. The first-order valence-electron chi connectivity index (χ1n) is 8.86. The number of rotatable bonds is 5. The average Bonchev–Trinajstić information content (AvgIpc) is 3.26. The number of amides is 1. The van der Waals surface area contributed by atoms with Crippen LogP contribution in [0.2, 0.25) is 0 Å². The standard InChI is InChI=1S/C19H21N5O2S/c1-13-20-15(12-27-13)3-5-19(25)21-14-2-4-16-17(10-14)23-18(22-16)11-24-6-8-26-9-7-24/h2-5,10,12H,6-9,11H2,1H3,(H,21,25)(H,22,23). The van der Waals surface area contributed by atoms with Crippen LogP contribution >= 0.6 is 11.3 Å². The molecule has 8 heteroatoms. The van der Waals surface area contributed by atoms with Crippen LogP contribution in [0, 0.1) is 6.92 Å². The molecule has 1 amide bonds. The Kier molecular flexibility index (Phi) is 5.28. The van der Waals surface area contributed by atoms with E-state index in [0.717, 1.165) is 66.1 Å². The SMILES string of the molecule is Cc1nc(C=CC(=O)Nc2ccc3nc(CN4CCOCC4)[nH]c3c2)cs1. The summed E-state index contributed by atoms with van der Waals surface area (Å²) in [4.78, 5) is 26.7. The molecule has 0 radical (unpaired) electrons. The molecule has 0 aliphatic carbocycles. The number of aromatic amines is 1. The summed E-state index contributed by atoms with van der Waals surface area (Å²) in [6.07, 6.45) is 3.21. The predicted octanol–water partition coefficient (Wildman–Crippen LogP) is 2.81. The molecule has 3 aromatic rings. The van der Waals surface area contributed by atoms with Crippen LogP contribution in [0.5, 0.6) is 0 Å². The zero-order valence-corrected chi connectivity index (χ0v) is 15.9. The quantitative estimate of drug-likeness (QED) is 0.662. The van der Waals surface area contributed by atoms with Gasteiger partial charge in [0.05, 0.1) is 41.5 Å². The molecule has 0 spiro atoms. The largest absolute Gasteiger partial charge is 0.379 e. The molecule has 1 fully saturated rings. The number of nitrogens with zero attached hydrogens (tertiary/aromatic N) is 3. The van der Waals surface area contributed by atoms with E-state index in [1.54, 1.807) is 17.4 Å². The number of anilines is 1. The maximum atomic E-state index is 12.1. The molecule has 1 aromatic carbocycles. The van der Waals surface area contributed by atoms with Crippen molar-refractivity contribution < 1.29 is 9.53 Å². The smallest absolute Gasteiger partial charge is 0.248 e. The first-order chi connectivity index (χ1) is 13.2. The summed E-state index contributed by atoms with van der Waals surface area (Å²) in [6.45, 7) is 6.09. The highest BCUT2D eigenvalue weighted by Crippen LogP contribution is 2.18. The molecule has 0 atom stereocenters. The minimum Gasteiger partial charge on any atom is -0.379 e. The number of carbonyl (C=O) groups is 1. The number of morpholine rings is 1. The number of imidazole rings is 1. The monoisotopic (exact) mass is 383 g/mol. The molecule has 4 rings (SSSR count). The van der Waals surface area contributed by atoms with Gasteiger partial charge in [-0.15, -0.1) is 11.3 Å². The predicted molar refractivity (Wildman–Crippen MR) is 107 cm³/mol. The van der Waals surface area contributed by atoms with Crippen molar-refractivity contribution in [1.29, 1.82) is 0 Å². The summed E-state index contributed by atoms with van der Waals surface area (Å²) in [7, 11) is 0. The molecule has 0 saturated carbocycles. The topological polar surface area (TPSA) is 83.1 Å². The number of hydrogen-bond donors (Lipinski definition) is 2. The van der Waals surface area contributed by atoms with E-state index >= 15 is 0 Å². The fourth-order valence-corrected chi connectivity index (χ4v) is 3.57. The number of carbonyl (C=O) groups excluding carboxylic acids is 1. The zero-order chi connectivity index (χ0) is 18.6. The van der Waals surface area contributed by atoms with Crippen molar-refractivity contribution in [3.05, 3.63) is 46.2 Å². The summed E-state index contributed by atoms with van der Waals surface area (Å²) in [5, 5.41) is 5.78. The highest BCUT2D eigenvalue weighted by molar-refractivity contribution is 7.09. The van der Waals surface area contributed by atoms with Crippen LogP contribution in [0.1, 0.15) is 16.5 Å². The lowest BCUT2D eigenvalue weighted by molar-refractivity contribution is -0.111. The number of fused-ring (bicyclic) bond motifs is 1. The molecule has 27 heavy (non-hydrogen) atoms. The normalized spacial score (nSPS) is 15.6. The van der Waals surface area contributed by atoms with Crippen molar-refractivity contribution in [1.82, 2.24) is 19.9 Å². The van der Waals surface area contributed by atoms with Gasteiger partial charge in [0.25, 0.3) is 0 Å². The molecular formula is C19H21N5O2S. The Balaban J connectivity index is 1.41. The van der Waals surface area contributed by atoms with E-state index in [-0.39, 0.29) is 5.91 Å². The van der Waals surface area contributed by atoms with Crippen LogP contribution in [0.4, 0.5) is 5.69 Å². The molecule has 3 heterocycles. The maximum absolute atomic E-state index is 12.1. The molecule has 140 valence electrons. The maximum Gasteiger partial charge on any atom is 0.248 e. The number of benzene rings is 1. The Morgan fingerprint density at radius 1 is 1.37 bits per heavy atom. The highest BCUT2D eigenvalue weighted by atomic mass is 32.1. The summed E-state index contributed by atoms with van der Waals surface area (Å²) >= 11 is 1.56. The zero-order valence-electron chi connectivity index (χ0n) is 15.1. The Hall–Kier alpha value is -2.55. The van der Waals surface area contributed by atoms with Crippen LogP contribution in [-0.2, 0) is 16.1 Å². The summed E-state index contributed by atoms with van der Waals surface area (Å²) in [6, 6.07) is 5.68.